The van der Waals surface area contributed by atoms with Crippen molar-refractivity contribution in [1.82, 2.24) is 9.55 Å². The first-order valence-electron chi connectivity index (χ1n) is 10.2. The molecule has 6 heteroatoms. The highest BCUT2D eigenvalue weighted by molar-refractivity contribution is 6.30. The first-order valence-corrected chi connectivity index (χ1v) is 10.6. The molecule has 0 saturated carbocycles. The normalized spacial score (nSPS) is 16.2. The molecule has 1 fully saturated rings. The van der Waals surface area contributed by atoms with Crippen LogP contribution in [0.15, 0.2) is 78.9 Å². The highest BCUT2D eigenvalue weighted by Crippen LogP contribution is 2.33. The van der Waals surface area contributed by atoms with Gasteiger partial charge in [-0.1, -0.05) is 54.1 Å². The molecule has 31 heavy (non-hydrogen) atoms. The lowest BCUT2D eigenvalue weighted by atomic mass is 10.1. The number of amides is 1. The van der Waals surface area contributed by atoms with Gasteiger partial charge in [0.25, 0.3) is 0 Å². The van der Waals surface area contributed by atoms with Gasteiger partial charge in [-0.05, 0) is 36.4 Å². The molecule has 1 aliphatic rings. The van der Waals surface area contributed by atoms with Crippen molar-refractivity contribution >= 4 is 40.0 Å². The molecule has 1 atom stereocenters. The summed E-state index contributed by atoms with van der Waals surface area (Å²) >= 11 is 6.00. The number of Topliss-reactive ketones (excluding diaryl/α,β-unsaturated/α-hetero) is 1. The van der Waals surface area contributed by atoms with Crippen molar-refractivity contribution in [2.75, 3.05) is 11.4 Å². The lowest BCUT2D eigenvalue weighted by Crippen LogP contribution is -2.24. The molecule has 1 saturated heterocycles. The molecule has 0 spiro atoms. The van der Waals surface area contributed by atoms with Gasteiger partial charge in [0, 0.05) is 35.2 Å². The second kappa shape index (κ2) is 8.00. The molecule has 0 radical (unpaired) electrons. The van der Waals surface area contributed by atoms with Crippen molar-refractivity contribution in [3.63, 3.8) is 0 Å². The van der Waals surface area contributed by atoms with E-state index in [1.54, 1.807) is 17.0 Å². The number of carbonyl (C=O) groups is 2. The predicted molar refractivity (Wildman–Crippen MR) is 122 cm³/mol. The Hall–Kier alpha value is -3.44. The molecule has 1 aliphatic heterocycles. The number of halogens is 1. The molecular formula is C25H20ClN3O2. The van der Waals surface area contributed by atoms with Crippen molar-refractivity contribution in [2.24, 2.45) is 0 Å². The Kier molecular flexibility index (Phi) is 5.04. The van der Waals surface area contributed by atoms with Crippen LogP contribution >= 0.6 is 11.6 Å². The van der Waals surface area contributed by atoms with Gasteiger partial charge in [0.2, 0.25) is 5.91 Å². The highest BCUT2D eigenvalue weighted by Gasteiger charge is 2.35. The number of hydrogen-bond acceptors (Lipinski definition) is 3. The van der Waals surface area contributed by atoms with Crippen LogP contribution in [0.5, 0.6) is 0 Å². The number of carbonyl (C=O) groups excluding carboxylic acids is 2. The number of para-hydroxylation sites is 2. The fraction of sp³-hybridized carbons (Fsp3) is 0.160. The van der Waals surface area contributed by atoms with Crippen LogP contribution in [0, 0.1) is 0 Å². The summed E-state index contributed by atoms with van der Waals surface area (Å²) in [6.07, 6.45) is 0.353. The smallest absolute Gasteiger partial charge is 0.227 e. The Morgan fingerprint density at radius 1 is 0.968 bits per heavy atom. The van der Waals surface area contributed by atoms with Crippen LogP contribution in [0.1, 0.15) is 28.5 Å². The molecule has 0 aliphatic carbocycles. The van der Waals surface area contributed by atoms with E-state index in [-0.39, 0.29) is 24.2 Å². The third-order valence-electron chi connectivity index (χ3n) is 5.71. The van der Waals surface area contributed by atoms with Crippen LogP contribution in [0.3, 0.4) is 0 Å². The Labute approximate surface area is 184 Å². The lowest BCUT2D eigenvalue weighted by Gasteiger charge is -2.17. The third-order valence-corrected chi connectivity index (χ3v) is 5.96. The topological polar surface area (TPSA) is 55.2 Å². The Bertz CT molecular complexity index is 1270. The molecule has 154 valence electrons. The molecule has 5 nitrogen and oxygen atoms in total. The van der Waals surface area contributed by atoms with E-state index in [0.29, 0.717) is 23.6 Å². The van der Waals surface area contributed by atoms with E-state index >= 15 is 0 Å². The number of imidazole rings is 1. The molecule has 2 heterocycles. The van der Waals surface area contributed by atoms with Gasteiger partial charge in [-0.3, -0.25) is 9.59 Å². The maximum atomic E-state index is 13.0. The maximum absolute atomic E-state index is 13.0. The summed E-state index contributed by atoms with van der Waals surface area (Å²) in [7, 11) is 0. The highest BCUT2D eigenvalue weighted by atomic mass is 35.5. The van der Waals surface area contributed by atoms with Gasteiger partial charge in [0.05, 0.1) is 17.6 Å². The number of hydrogen-bond donors (Lipinski definition) is 0. The molecule has 0 bridgehead atoms. The molecule has 1 amide bonds. The van der Waals surface area contributed by atoms with E-state index in [4.69, 9.17) is 16.6 Å². The number of nitrogens with zero attached hydrogens (tertiary/aromatic N) is 3. The van der Waals surface area contributed by atoms with Crippen LogP contribution in [-0.2, 0) is 11.3 Å². The summed E-state index contributed by atoms with van der Waals surface area (Å²) in [6.45, 7) is 0.703. The number of rotatable bonds is 5. The zero-order chi connectivity index (χ0) is 21.4. The first-order chi connectivity index (χ1) is 15.1. The molecule has 3 aromatic carbocycles. The van der Waals surface area contributed by atoms with Crippen LogP contribution in [0.25, 0.3) is 11.0 Å². The van der Waals surface area contributed by atoms with Gasteiger partial charge in [0.1, 0.15) is 5.82 Å². The Morgan fingerprint density at radius 3 is 2.45 bits per heavy atom. The lowest BCUT2D eigenvalue weighted by molar-refractivity contribution is -0.117. The van der Waals surface area contributed by atoms with E-state index in [9.17, 15) is 9.59 Å². The minimum absolute atomic E-state index is 0.0175. The summed E-state index contributed by atoms with van der Waals surface area (Å²) in [4.78, 5) is 32.4. The van der Waals surface area contributed by atoms with Gasteiger partial charge in [-0.2, -0.15) is 0 Å². The van der Waals surface area contributed by atoms with Crippen LogP contribution in [0.4, 0.5) is 5.69 Å². The number of anilines is 1. The summed E-state index contributed by atoms with van der Waals surface area (Å²) in [6, 6.07) is 24.3. The van der Waals surface area contributed by atoms with E-state index in [1.807, 2.05) is 71.3 Å². The number of ketones is 1. The average molecular weight is 430 g/mol. The molecular weight excluding hydrogens is 410 g/mol. The summed E-state index contributed by atoms with van der Waals surface area (Å²) in [5.41, 5.74) is 3.21. The Balaban J connectivity index is 1.50. The van der Waals surface area contributed by atoms with E-state index in [2.05, 4.69) is 0 Å². The summed E-state index contributed by atoms with van der Waals surface area (Å²) < 4.78 is 1.97. The van der Waals surface area contributed by atoms with E-state index in [0.717, 1.165) is 22.5 Å². The van der Waals surface area contributed by atoms with E-state index < -0.39 is 0 Å². The van der Waals surface area contributed by atoms with Crippen molar-refractivity contribution in [3.8, 4) is 0 Å². The third kappa shape index (κ3) is 3.73. The minimum atomic E-state index is -0.0980. The molecule has 4 aromatic rings. The largest absolute Gasteiger partial charge is 0.320 e. The van der Waals surface area contributed by atoms with Crippen LogP contribution < -0.4 is 4.90 Å². The van der Waals surface area contributed by atoms with Crippen LogP contribution in [0.2, 0.25) is 5.02 Å². The SMILES string of the molecule is O=C(Cn1c(C2CC(=O)N(c3ccc(Cl)cc3)C2)nc2ccccc21)c1ccccc1. The fourth-order valence-electron chi connectivity index (χ4n) is 4.18. The summed E-state index contributed by atoms with van der Waals surface area (Å²) in [5, 5.41) is 0.633. The standard InChI is InChI=1S/C25H20ClN3O2/c26-19-10-12-20(13-11-19)28-15-18(14-24(28)31)25-27-21-8-4-5-9-22(21)29(25)16-23(30)17-6-2-1-3-7-17/h1-13,18H,14-16H2. The zero-order valence-electron chi connectivity index (χ0n) is 16.7. The quantitative estimate of drug-likeness (QED) is 0.415. The summed E-state index contributed by atoms with van der Waals surface area (Å²) in [5.74, 6) is 0.735. The molecule has 1 aromatic heterocycles. The van der Waals surface area contributed by atoms with Gasteiger partial charge in [0.15, 0.2) is 5.78 Å². The van der Waals surface area contributed by atoms with Gasteiger partial charge < -0.3 is 9.47 Å². The van der Waals surface area contributed by atoms with Gasteiger partial charge in [-0.25, -0.2) is 4.98 Å². The van der Waals surface area contributed by atoms with Crippen molar-refractivity contribution in [2.45, 2.75) is 18.9 Å². The molecule has 0 N–H and O–H groups in total. The van der Waals surface area contributed by atoms with Crippen molar-refractivity contribution in [3.05, 3.63) is 95.3 Å². The molecule has 5 rings (SSSR count). The zero-order valence-corrected chi connectivity index (χ0v) is 17.5. The second-order valence-corrected chi connectivity index (χ2v) is 8.15. The minimum Gasteiger partial charge on any atom is -0.320 e. The molecule has 1 unspecified atom stereocenters. The monoisotopic (exact) mass is 429 g/mol. The van der Waals surface area contributed by atoms with Gasteiger partial charge >= 0.3 is 0 Å². The van der Waals surface area contributed by atoms with Crippen molar-refractivity contribution < 1.29 is 9.59 Å². The van der Waals surface area contributed by atoms with Gasteiger partial charge in [-0.15, -0.1) is 0 Å². The second-order valence-electron chi connectivity index (χ2n) is 7.72. The Morgan fingerprint density at radius 2 is 1.68 bits per heavy atom. The maximum Gasteiger partial charge on any atom is 0.227 e. The van der Waals surface area contributed by atoms with E-state index in [1.165, 1.54) is 0 Å². The number of aromatic nitrogens is 2. The average Bonchev–Trinajstić information content (AvgIpc) is 3.35. The number of benzene rings is 3. The predicted octanol–water partition coefficient (Wildman–Crippen LogP) is 5.09. The van der Waals surface area contributed by atoms with Crippen LogP contribution in [-0.4, -0.2) is 27.8 Å². The fourth-order valence-corrected chi connectivity index (χ4v) is 4.31. The number of fused-ring (bicyclic) bond motifs is 1. The first kappa shape index (κ1) is 19.5. The van der Waals surface area contributed by atoms with Crippen molar-refractivity contribution in [1.29, 1.82) is 0 Å².